The number of nitrogens with zero attached hydrogens (tertiary/aromatic N) is 1. The lowest BCUT2D eigenvalue weighted by Gasteiger charge is -2.25. The van der Waals surface area contributed by atoms with Gasteiger partial charge in [0.25, 0.3) is 0 Å². The second-order valence-corrected chi connectivity index (χ2v) is 6.14. The summed E-state index contributed by atoms with van der Waals surface area (Å²) in [6, 6.07) is 0.790. The zero-order valence-corrected chi connectivity index (χ0v) is 11.2. The highest BCUT2D eigenvalue weighted by Crippen LogP contribution is 2.29. The van der Waals surface area contributed by atoms with E-state index in [2.05, 4.69) is 31.1 Å². The van der Waals surface area contributed by atoms with Gasteiger partial charge >= 0.3 is 0 Å². The van der Waals surface area contributed by atoms with Crippen molar-refractivity contribution in [3.63, 3.8) is 0 Å². The maximum atomic E-state index is 3.50. The van der Waals surface area contributed by atoms with Gasteiger partial charge in [0.05, 0.1) is 0 Å². The summed E-state index contributed by atoms with van der Waals surface area (Å²) in [5, 5.41) is 3.50. The van der Waals surface area contributed by atoms with E-state index in [0.29, 0.717) is 0 Å². The number of rotatable bonds is 4. The van der Waals surface area contributed by atoms with Crippen LogP contribution in [0.3, 0.4) is 0 Å². The molecule has 2 heteroatoms. The van der Waals surface area contributed by atoms with Crippen molar-refractivity contribution >= 4 is 0 Å². The molecule has 3 atom stereocenters. The van der Waals surface area contributed by atoms with Crippen LogP contribution < -0.4 is 5.32 Å². The second-order valence-electron chi connectivity index (χ2n) is 6.14. The van der Waals surface area contributed by atoms with Crippen LogP contribution in [0.25, 0.3) is 0 Å². The van der Waals surface area contributed by atoms with Gasteiger partial charge in [0.1, 0.15) is 0 Å². The van der Waals surface area contributed by atoms with Gasteiger partial charge in [0, 0.05) is 19.1 Å². The van der Waals surface area contributed by atoms with Gasteiger partial charge in [-0.1, -0.05) is 20.3 Å². The summed E-state index contributed by atoms with van der Waals surface area (Å²) in [6.45, 7) is 8.79. The van der Waals surface area contributed by atoms with Crippen LogP contribution in [0.4, 0.5) is 0 Å². The van der Waals surface area contributed by atoms with Gasteiger partial charge < -0.3 is 10.2 Å². The van der Waals surface area contributed by atoms with Crippen LogP contribution in [-0.2, 0) is 0 Å². The van der Waals surface area contributed by atoms with Crippen molar-refractivity contribution in [1.82, 2.24) is 10.2 Å². The number of likely N-dealkylation sites (tertiary alicyclic amines) is 1. The highest BCUT2D eigenvalue weighted by molar-refractivity contribution is 4.87. The predicted octanol–water partition coefficient (Wildman–Crippen LogP) is 2.35. The molecule has 1 aliphatic heterocycles. The van der Waals surface area contributed by atoms with Gasteiger partial charge in [-0.2, -0.15) is 0 Å². The van der Waals surface area contributed by atoms with Crippen LogP contribution in [0.5, 0.6) is 0 Å². The molecule has 0 aromatic heterocycles. The van der Waals surface area contributed by atoms with Gasteiger partial charge in [-0.3, -0.25) is 0 Å². The monoisotopic (exact) mass is 224 g/mol. The Bertz CT molecular complexity index is 215. The maximum absolute atomic E-state index is 3.50. The van der Waals surface area contributed by atoms with E-state index >= 15 is 0 Å². The fraction of sp³-hybridized carbons (Fsp3) is 1.00. The fourth-order valence-electron chi connectivity index (χ4n) is 3.54. The van der Waals surface area contributed by atoms with E-state index < -0.39 is 0 Å². The molecule has 0 radical (unpaired) electrons. The molecule has 16 heavy (non-hydrogen) atoms. The molecule has 2 aliphatic rings. The highest BCUT2D eigenvalue weighted by atomic mass is 15.2. The molecule has 1 saturated heterocycles. The van der Waals surface area contributed by atoms with Crippen LogP contribution in [0, 0.1) is 17.8 Å². The van der Waals surface area contributed by atoms with Crippen LogP contribution >= 0.6 is 0 Å². The minimum absolute atomic E-state index is 0.790. The van der Waals surface area contributed by atoms with Crippen LogP contribution in [0.2, 0.25) is 0 Å². The van der Waals surface area contributed by atoms with Crippen molar-refractivity contribution in [1.29, 1.82) is 0 Å². The number of nitrogens with one attached hydrogen (secondary N) is 1. The Hall–Kier alpha value is -0.0800. The molecule has 2 rings (SSSR count). The third-order valence-electron chi connectivity index (χ3n) is 4.77. The van der Waals surface area contributed by atoms with Crippen molar-refractivity contribution in [3.8, 4) is 0 Å². The van der Waals surface area contributed by atoms with E-state index in [1.54, 1.807) is 0 Å². The number of hydrogen-bond donors (Lipinski definition) is 1. The summed E-state index contributed by atoms with van der Waals surface area (Å²) in [4.78, 5) is 2.71. The van der Waals surface area contributed by atoms with Crippen molar-refractivity contribution in [2.45, 2.75) is 45.6 Å². The SMILES string of the molecule is CNC1CCCC1CN1CCC(C(C)C)C1. The molecule has 0 amide bonds. The summed E-state index contributed by atoms with van der Waals surface area (Å²) < 4.78 is 0. The normalized spacial score (nSPS) is 36.4. The molecule has 0 aromatic rings. The average molecular weight is 224 g/mol. The average Bonchev–Trinajstić information content (AvgIpc) is 2.87. The summed E-state index contributed by atoms with van der Waals surface area (Å²) in [5.74, 6) is 2.74. The van der Waals surface area contributed by atoms with Gasteiger partial charge in [-0.25, -0.2) is 0 Å². The van der Waals surface area contributed by atoms with Crippen molar-refractivity contribution in [2.75, 3.05) is 26.7 Å². The highest BCUT2D eigenvalue weighted by Gasteiger charge is 2.31. The smallest absolute Gasteiger partial charge is 0.0104 e. The van der Waals surface area contributed by atoms with Crippen LogP contribution in [0.15, 0.2) is 0 Å². The van der Waals surface area contributed by atoms with E-state index in [9.17, 15) is 0 Å². The Morgan fingerprint density at radius 3 is 2.69 bits per heavy atom. The lowest BCUT2D eigenvalue weighted by atomic mass is 9.95. The van der Waals surface area contributed by atoms with Gasteiger partial charge in [0.2, 0.25) is 0 Å². The van der Waals surface area contributed by atoms with Crippen molar-refractivity contribution in [2.24, 2.45) is 17.8 Å². The summed E-state index contributed by atoms with van der Waals surface area (Å²) in [7, 11) is 2.13. The molecular formula is C14H28N2. The van der Waals surface area contributed by atoms with Crippen LogP contribution in [-0.4, -0.2) is 37.6 Å². The summed E-state index contributed by atoms with van der Waals surface area (Å²) in [5.41, 5.74) is 0. The minimum Gasteiger partial charge on any atom is -0.317 e. The van der Waals surface area contributed by atoms with E-state index in [0.717, 1.165) is 23.8 Å². The first-order valence-corrected chi connectivity index (χ1v) is 7.10. The molecule has 2 nitrogen and oxygen atoms in total. The van der Waals surface area contributed by atoms with E-state index in [-0.39, 0.29) is 0 Å². The first kappa shape index (κ1) is 12.4. The number of hydrogen-bond acceptors (Lipinski definition) is 2. The molecule has 3 unspecified atom stereocenters. The zero-order valence-electron chi connectivity index (χ0n) is 11.2. The largest absolute Gasteiger partial charge is 0.317 e. The first-order valence-electron chi connectivity index (χ1n) is 7.10. The minimum atomic E-state index is 0.790. The topological polar surface area (TPSA) is 15.3 Å². The molecule has 1 aliphatic carbocycles. The molecule has 2 fully saturated rings. The third-order valence-corrected chi connectivity index (χ3v) is 4.77. The van der Waals surface area contributed by atoms with Gasteiger partial charge in [0.15, 0.2) is 0 Å². The second kappa shape index (κ2) is 5.50. The molecule has 1 N–H and O–H groups in total. The summed E-state index contributed by atoms with van der Waals surface area (Å²) >= 11 is 0. The Morgan fingerprint density at radius 1 is 1.25 bits per heavy atom. The molecule has 0 bridgehead atoms. The molecule has 0 aromatic carbocycles. The van der Waals surface area contributed by atoms with Gasteiger partial charge in [-0.05, 0) is 50.6 Å². The quantitative estimate of drug-likeness (QED) is 0.788. The Morgan fingerprint density at radius 2 is 2.06 bits per heavy atom. The molecule has 1 heterocycles. The Balaban J connectivity index is 1.78. The predicted molar refractivity (Wildman–Crippen MR) is 69.6 cm³/mol. The van der Waals surface area contributed by atoms with E-state index in [4.69, 9.17) is 0 Å². The van der Waals surface area contributed by atoms with Crippen molar-refractivity contribution < 1.29 is 0 Å². The molecule has 94 valence electrons. The molecular weight excluding hydrogens is 196 g/mol. The lowest BCUT2D eigenvalue weighted by molar-refractivity contribution is 0.240. The maximum Gasteiger partial charge on any atom is 0.0104 e. The fourth-order valence-corrected chi connectivity index (χ4v) is 3.54. The van der Waals surface area contributed by atoms with Crippen LogP contribution in [0.1, 0.15) is 39.5 Å². The van der Waals surface area contributed by atoms with Gasteiger partial charge in [-0.15, -0.1) is 0 Å². The zero-order chi connectivity index (χ0) is 11.5. The standard InChI is InChI=1S/C14H28N2/c1-11(2)12-7-8-16(9-12)10-13-5-4-6-14(13)15-3/h11-15H,4-10H2,1-3H3. The first-order chi connectivity index (χ1) is 7.70. The van der Waals surface area contributed by atoms with E-state index in [1.165, 1.54) is 45.3 Å². The van der Waals surface area contributed by atoms with E-state index in [1.807, 2.05) is 0 Å². The molecule has 0 spiro atoms. The Kier molecular flexibility index (Phi) is 4.26. The Labute approximate surface area is 101 Å². The third kappa shape index (κ3) is 2.78. The summed E-state index contributed by atoms with van der Waals surface area (Å²) in [6.07, 6.45) is 5.68. The molecule has 1 saturated carbocycles. The van der Waals surface area contributed by atoms with Crippen molar-refractivity contribution in [3.05, 3.63) is 0 Å². The lowest BCUT2D eigenvalue weighted by Crippen LogP contribution is -2.37.